The van der Waals surface area contributed by atoms with Crippen LogP contribution in [0.4, 0.5) is 0 Å². The largest absolute Gasteiger partial charge is 0.409 e. The number of hydrogen-bond donors (Lipinski definition) is 0. The van der Waals surface area contributed by atoms with Crippen LogP contribution >= 0.6 is 0 Å². The topological polar surface area (TPSA) is 18.5 Å². The van der Waals surface area contributed by atoms with Crippen molar-refractivity contribution < 1.29 is 8.85 Å². The molecule has 1 aliphatic rings. The number of hydrogen-bond acceptors (Lipinski definition) is 2. The molecule has 0 spiro atoms. The summed E-state index contributed by atoms with van der Waals surface area (Å²) in [4.78, 5) is 0. The summed E-state index contributed by atoms with van der Waals surface area (Å²) in [5.74, 6) is 0. The van der Waals surface area contributed by atoms with E-state index in [1.54, 1.807) is 0 Å². The minimum absolute atomic E-state index is 0.683. The normalized spacial score (nSPS) is 18.0. The molecule has 0 bridgehead atoms. The van der Waals surface area contributed by atoms with Gasteiger partial charge in [0, 0.05) is 24.6 Å². The first kappa shape index (κ1) is 8.53. The van der Waals surface area contributed by atoms with Crippen molar-refractivity contribution in [2.45, 2.75) is 13.8 Å². The Balaban J connectivity index is 2.60. The second kappa shape index (κ2) is 3.72. The van der Waals surface area contributed by atoms with E-state index in [2.05, 4.69) is 11.5 Å². The van der Waals surface area contributed by atoms with E-state index >= 15 is 0 Å². The average molecular weight is 168 g/mol. The van der Waals surface area contributed by atoms with Gasteiger partial charge < -0.3 is 8.85 Å². The zero-order valence-electron chi connectivity index (χ0n) is 6.89. The van der Waals surface area contributed by atoms with Gasteiger partial charge in [0.05, 0.1) is 0 Å². The molecule has 0 aromatic rings. The predicted octanol–water partition coefficient (Wildman–Crippen LogP) is 1.46. The molecular weight excluding hydrogens is 156 g/mol. The van der Waals surface area contributed by atoms with Gasteiger partial charge in [0.15, 0.2) is 0 Å². The van der Waals surface area contributed by atoms with E-state index in [0.29, 0.717) is 13.2 Å². The molecule has 0 aliphatic carbocycles. The Labute approximate surface area is 68.1 Å². The molecule has 1 aliphatic heterocycles. The summed E-state index contributed by atoms with van der Waals surface area (Å²) in [6.07, 6.45) is 0. The van der Waals surface area contributed by atoms with Gasteiger partial charge in [-0.1, -0.05) is 11.5 Å². The van der Waals surface area contributed by atoms with Crippen LogP contribution < -0.4 is 0 Å². The highest BCUT2D eigenvalue weighted by molar-refractivity contribution is 6.78. The molecule has 0 unspecified atom stereocenters. The minimum Gasteiger partial charge on any atom is -0.388 e. The van der Waals surface area contributed by atoms with Crippen LogP contribution in [0, 0.1) is 0 Å². The van der Waals surface area contributed by atoms with Crippen LogP contribution in [0.2, 0.25) is 0 Å². The Kier molecular flexibility index (Phi) is 2.89. The maximum atomic E-state index is 5.51. The minimum atomic E-state index is -2.10. The third-order valence-corrected chi connectivity index (χ3v) is 3.94. The smallest absolute Gasteiger partial charge is 0.388 e. The summed E-state index contributed by atoms with van der Waals surface area (Å²) in [5, 5.41) is 0. The highest BCUT2D eigenvalue weighted by Gasteiger charge is 2.33. The molecule has 11 heavy (non-hydrogen) atoms. The van der Waals surface area contributed by atoms with Crippen LogP contribution in [0.1, 0.15) is 13.8 Å². The fourth-order valence-electron chi connectivity index (χ4n) is 0.986. The summed E-state index contributed by atoms with van der Waals surface area (Å²) in [7, 11) is -2.10. The maximum Gasteiger partial charge on any atom is 0.409 e. The summed E-state index contributed by atoms with van der Waals surface area (Å²) in [6.45, 7) is 5.30. The molecule has 0 fully saturated rings. The van der Waals surface area contributed by atoms with Crippen LogP contribution in [0.25, 0.3) is 0 Å². The fraction of sp³-hybridized carbons (Fsp3) is 0.500. The van der Waals surface area contributed by atoms with Crippen molar-refractivity contribution in [2.75, 3.05) is 13.2 Å². The molecular formula is C8H12O2Si. The van der Waals surface area contributed by atoms with Crippen molar-refractivity contribution in [2.24, 2.45) is 0 Å². The average Bonchev–Trinajstić information content (AvgIpc) is 2.39. The Morgan fingerprint density at radius 2 is 1.55 bits per heavy atom. The van der Waals surface area contributed by atoms with E-state index < -0.39 is 8.56 Å². The molecule has 1 heterocycles. The zero-order valence-corrected chi connectivity index (χ0v) is 7.89. The quantitative estimate of drug-likeness (QED) is 0.467. The summed E-state index contributed by atoms with van der Waals surface area (Å²) < 4.78 is 11.0. The SMILES string of the molecule is CCO[Si]1(OCC)C=C=C=C1. The molecule has 2 nitrogen and oxygen atoms in total. The van der Waals surface area contributed by atoms with Gasteiger partial charge in [0.1, 0.15) is 0 Å². The first-order valence-electron chi connectivity index (χ1n) is 3.80. The first-order valence-corrected chi connectivity index (χ1v) is 5.78. The number of rotatable bonds is 4. The van der Waals surface area contributed by atoms with Gasteiger partial charge in [-0.25, -0.2) is 0 Å². The van der Waals surface area contributed by atoms with Crippen molar-refractivity contribution in [3.63, 3.8) is 0 Å². The molecule has 1 rings (SSSR count). The molecule has 0 atom stereocenters. The van der Waals surface area contributed by atoms with Gasteiger partial charge in [-0.15, -0.1) is 0 Å². The lowest BCUT2D eigenvalue weighted by molar-refractivity contribution is 0.206. The monoisotopic (exact) mass is 168 g/mol. The van der Waals surface area contributed by atoms with Crippen LogP contribution in [0.5, 0.6) is 0 Å². The van der Waals surface area contributed by atoms with Crippen LogP contribution in [-0.2, 0) is 8.85 Å². The lowest BCUT2D eigenvalue weighted by Crippen LogP contribution is -2.37. The maximum absolute atomic E-state index is 5.51. The highest BCUT2D eigenvalue weighted by atomic mass is 28.4. The fourth-order valence-corrected chi connectivity index (χ4v) is 2.96. The third kappa shape index (κ3) is 1.93. The van der Waals surface area contributed by atoms with E-state index in [0.717, 1.165) is 0 Å². The van der Waals surface area contributed by atoms with Gasteiger partial charge in [0.25, 0.3) is 0 Å². The van der Waals surface area contributed by atoms with Crippen molar-refractivity contribution in [1.82, 2.24) is 0 Å². The van der Waals surface area contributed by atoms with Gasteiger partial charge in [-0.3, -0.25) is 0 Å². The molecule has 3 heteroatoms. The van der Waals surface area contributed by atoms with Gasteiger partial charge >= 0.3 is 8.56 Å². The first-order chi connectivity index (χ1) is 5.33. The zero-order chi connectivity index (χ0) is 8.16. The standard InChI is InChI=1S/C8H12O2Si/c1-3-9-11(10-4-2)7-5-6-8-11/h7-8H,3-4H2,1-2H3. The van der Waals surface area contributed by atoms with Crippen LogP contribution in [0.15, 0.2) is 22.9 Å². The van der Waals surface area contributed by atoms with E-state index in [1.165, 1.54) is 0 Å². The van der Waals surface area contributed by atoms with E-state index in [1.807, 2.05) is 25.2 Å². The Morgan fingerprint density at radius 3 is 1.91 bits per heavy atom. The van der Waals surface area contributed by atoms with Crippen molar-refractivity contribution in [3.05, 3.63) is 22.9 Å². The Morgan fingerprint density at radius 1 is 1.09 bits per heavy atom. The summed E-state index contributed by atoms with van der Waals surface area (Å²) in [6, 6.07) is 0. The summed E-state index contributed by atoms with van der Waals surface area (Å²) >= 11 is 0. The second-order valence-electron chi connectivity index (χ2n) is 2.16. The van der Waals surface area contributed by atoms with Crippen molar-refractivity contribution in [1.29, 1.82) is 0 Å². The third-order valence-electron chi connectivity index (χ3n) is 1.37. The lowest BCUT2D eigenvalue weighted by Gasteiger charge is -2.19. The molecule has 0 saturated carbocycles. The molecule has 60 valence electrons. The predicted molar refractivity (Wildman–Crippen MR) is 45.2 cm³/mol. The van der Waals surface area contributed by atoms with Crippen LogP contribution in [-0.4, -0.2) is 21.8 Å². The van der Waals surface area contributed by atoms with E-state index in [9.17, 15) is 0 Å². The molecule has 0 amide bonds. The van der Waals surface area contributed by atoms with Gasteiger partial charge in [-0.2, -0.15) is 0 Å². The Bertz CT molecular complexity index is 198. The van der Waals surface area contributed by atoms with Crippen LogP contribution in [0.3, 0.4) is 0 Å². The molecule has 0 N–H and O–H groups in total. The van der Waals surface area contributed by atoms with Gasteiger partial charge in [0.2, 0.25) is 0 Å². The van der Waals surface area contributed by atoms with Gasteiger partial charge in [-0.05, 0) is 13.8 Å². The van der Waals surface area contributed by atoms with Crippen molar-refractivity contribution in [3.8, 4) is 0 Å². The second-order valence-corrected chi connectivity index (χ2v) is 4.76. The summed E-state index contributed by atoms with van der Waals surface area (Å²) in [5.41, 5.74) is 9.48. The Hall–Kier alpha value is -0.563. The molecule has 0 aromatic heterocycles. The van der Waals surface area contributed by atoms with E-state index in [4.69, 9.17) is 8.85 Å². The van der Waals surface area contributed by atoms with E-state index in [-0.39, 0.29) is 0 Å². The molecule has 0 aromatic carbocycles. The lowest BCUT2D eigenvalue weighted by atomic mass is 10.9. The van der Waals surface area contributed by atoms with Crippen molar-refractivity contribution >= 4 is 8.56 Å². The molecule has 0 radical (unpaired) electrons. The molecule has 0 saturated heterocycles. The highest BCUT2D eigenvalue weighted by Crippen LogP contribution is 2.12.